The number of piperazine rings is 1. The summed E-state index contributed by atoms with van der Waals surface area (Å²) in [6.07, 6.45) is 1.93. The minimum atomic E-state index is -3.63. The van der Waals surface area contributed by atoms with Gasteiger partial charge in [0.25, 0.3) is 5.91 Å². The minimum Gasteiger partial charge on any atom is -0.456 e. The fourth-order valence-electron chi connectivity index (χ4n) is 3.28. The van der Waals surface area contributed by atoms with E-state index in [0.29, 0.717) is 6.42 Å². The van der Waals surface area contributed by atoms with Crippen molar-refractivity contribution in [2.24, 2.45) is 0 Å². The molecule has 1 amide bonds. The van der Waals surface area contributed by atoms with Gasteiger partial charge in [0, 0.05) is 32.6 Å². The Morgan fingerprint density at radius 1 is 1.00 bits per heavy atom. The van der Waals surface area contributed by atoms with E-state index < -0.39 is 10.0 Å². The van der Waals surface area contributed by atoms with Crippen molar-refractivity contribution in [2.45, 2.75) is 31.1 Å². The lowest BCUT2D eigenvalue weighted by molar-refractivity contribution is -0.152. The summed E-state index contributed by atoms with van der Waals surface area (Å²) in [5.41, 5.74) is 0. The molecule has 0 spiro atoms. The summed E-state index contributed by atoms with van der Waals surface area (Å²) >= 11 is 0. The highest BCUT2D eigenvalue weighted by molar-refractivity contribution is 7.89. The van der Waals surface area contributed by atoms with Gasteiger partial charge in [-0.25, -0.2) is 8.42 Å². The van der Waals surface area contributed by atoms with Crippen LogP contribution in [-0.2, 0) is 24.3 Å². The number of esters is 1. The van der Waals surface area contributed by atoms with Crippen LogP contribution < -0.4 is 0 Å². The molecular weight excluding hydrogens is 392 g/mol. The second-order valence-electron chi connectivity index (χ2n) is 7.06. The molecule has 29 heavy (non-hydrogen) atoms. The van der Waals surface area contributed by atoms with E-state index in [0.717, 1.165) is 23.6 Å². The Labute approximate surface area is 171 Å². The van der Waals surface area contributed by atoms with Gasteiger partial charge < -0.3 is 9.64 Å². The van der Waals surface area contributed by atoms with E-state index in [9.17, 15) is 18.0 Å². The van der Waals surface area contributed by atoms with Crippen LogP contribution in [0.25, 0.3) is 10.8 Å². The van der Waals surface area contributed by atoms with Crippen LogP contribution in [0.2, 0.25) is 0 Å². The maximum atomic E-state index is 13.0. The summed E-state index contributed by atoms with van der Waals surface area (Å²) < 4.78 is 32.4. The largest absolute Gasteiger partial charge is 0.456 e. The highest BCUT2D eigenvalue weighted by Gasteiger charge is 2.30. The van der Waals surface area contributed by atoms with Gasteiger partial charge in [-0.2, -0.15) is 4.31 Å². The summed E-state index contributed by atoms with van der Waals surface area (Å²) in [4.78, 5) is 25.6. The normalized spacial score (nSPS) is 15.4. The van der Waals surface area contributed by atoms with Gasteiger partial charge in [-0.1, -0.05) is 43.7 Å². The van der Waals surface area contributed by atoms with Crippen molar-refractivity contribution in [1.82, 2.24) is 9.21 Å². The number of rotatable bonds is 7. The average Bonchev–Trinajstić information content (AvgIpc) is 2.75. The van der Waals surface area contributed by atoms with Crippen LogP contribution in [0.5, 0.6) is 0 Å². The number of fused-ring (bicyclic) bond motifs is 1. The topological polar surface area (TPSA) is 84.0 Å². The van der Waals surface area contributed by atoms with Crippen molar-refractivity contribution in [3.05, 3.63) is 42.5 Å². The van der Waals surface area contributed by atoms with Crippen LogP contribution in [0, 0.1) is 0 Å². The van der Waals surface area contributed by atoms with E-state index in [4.69, 9.17) is 4.74 Å². The zero-order valence-electron chi connectivity index (χ0n) is 16.5. The molecule has 7 nitrogen and oxygen atoms in total. The number of hydrogen-bond donors (Lipinski definition) is 0. The molecule has 1 heterocycles. The number of amides is 1. The number of nitrogens with zero attached hydrogens (tertiary/aromatic N) is 2. The van der Waals surface area contributed by atoms with Gasteiger partial charge >= 0.3 is 5.97 Å². The minimum absolute atomic E-state index is 0.213. The molecule has 1 saturated heterocycles. The first-order valence-electron chi connectivity index (χ1n) is 9.84. The lowest BCUT2D eigenvalue weighted by atomic mass is 10.1. The fourth-order valence-corrected chi connectivity index (χ4v) is 4.74. The molecule has 0 N–H and O–H groups in total. The Morgan fingerprint density at radius 3 is 2.38 bits per heavy atom. The van der Waals surface area contributed by atoms with Crippen LogP contribution >= 0.6 is 0 Å². The molecular formula is C21H26N2O5S. The first-order chi connectivity index (χ1) is 13.9. The van der Waals surface area contributed by atoms with E-state index in [1.165, 1.54) is 4.31 Å². The predicted octanol–water partition coefficient (Wildman–Crippen LogP) is 2.41. The van der Waals surface area contributed by atoms with Crippen LogP contribution in [0.3, 0.4) is 0 Å². The maximum absolute atomic E-state index is 13.0. The van der Waals surface area contributed by atoms with Gasteiger partial charge in [0.15, 0.2) is 6.61 Å². The summed E-state index contributed by atoms with van der Waals surface area (Å²) in [7, 11) is -3.63. The Morgan fingerprint density at radius 2 is 1.69 bits per heavy atom. The standard InChI is InChI=1S/C21H26N2O5S/c1-2-3-8-21(25)28-16-20(24)22-11-13-23(14-12-22)29(26,27)19-10-9-17-6-4-5-7-18(17)15-19/h4-7,9-10,15H,2-3,8,11-14,16H2,1H3. The maximum Gasteiger partial charge on any atom is 0.306 e. The Kier molecular flexibility index (Phi) is 6.87. The number of hydrogen-bond acceptors (Lipinski definition) is 5. The van der Waals surface area contributed by atoms with E-state index in [2.05, 4.69) is 0 Å². The van der Waals surface area contributed by atoms with E-state index in [-0.39, 0.29) is 49.6 Å². The molecule has 0 atom stereocenters. The van der Waals surface area contributed by atoms with E-state index in [1.54, 1.807) is 23.1 Å². The van der Waals surface area contributed by atoms with E-state index >= 15 is 0 Å². The third-order valence-electron chi connectivity index (χ3n) is 5.04. The molecule has 1 aliphatic rings. The van der Waals surface area contributed by atoms with Crippen molar-refractivity contribution >= 4 is 32.7 Å². The molecule has 0 aliphatic carbocycles. The highest BCUT2D eigenvalue weighted by atomic mass is 32.2. The van der Waals surface area contributed by atoms with Crippen molar-refractivity contribution in [1.29, 1.82) is 0 Å². The van der Waals surface area contributed by atoms with Crippen LogP contribution in [0.1, 0.15) is 26.2 Å². The molecule has 0 bridgehead atoms. The van der Waals surface area contributed by atoms with Crippen molar-refractivity contribution in [3.63, 3.8) is 0 Å². The van der Waals surface area contributed by atoms with Crippen LogP contribution in [0.15, 0.2) is 47.4 Å². The Hall–Kier alpha value is -2.45. The number of ether oxygens (including phenoxy) is 1. The molecule has 3 rings (SSSR count). The van der Waals surface area contributed by atoms with Crippen LogP contribution in [-0.4, -0.2) is 62.3 Å². The van der Waals surface area contributed by atoms with Gasteiger partial charge in [-0.3, -0.25) is 9.59 Å². The predicted molar refractivity (Wildman–Crippen MR) is 110 cm³/mol. The summed E-state index contributed by atoms with van der Waals surface area (Å²) in [5, 5.41) is 1.85. The zero-order valence-corrected chi connectivity index (χ0v) is 17.4. The molecule has 156 valence electrons. The number of carbonyl (C=O) groups excluding carboxylic acids is 2. The lowest BCUT2D eigenvalue weighted by Crippen LogP contribution is -2.51. The molecule has 0 saturated carbocycles. The monoisotopic (exact) mass is 418 g/mol. The van der Waals surface area contributed by atoms with Gasteiger partial charge in [0.05, 0.1) is 4.90 Å². The highest BCUT2D eigenvalue weighted by Crippen LogP contribution is 2.22. The Bertz CT molecular complexity index is 981. The number of carbonyl (C=O) groups is 2. The third kappa shape index (κ3) is 5.13. The molecule has 0 radical (unpaired) electrons. The third-order valence-corrected chi connectivity index (χ3v) is 6.94. The van der Waals surface area contributed by atoms with Crippen molar-refractivity contribution < 1.29 is 22.7 Å². The second kappa shape index (κ2) is 9.37. The van der Waals surface area contributed by atoms with Gasteiger partial charge in [0.2, 0.25) is 10.0 Å². The smallest absolute Gasteiger partial charge is 0.306 e. The van der Waals surface area contributed by atoms with Gasteiger partial charge in [-0.05, 0) is 29.3 Å². The molecule has 2 aromatic rings. The van der Waals surface area contributed by atoms with Crippen molar-refractivity contribution in [3.8, 4) is 0 Å². The first kappa shape index (κ1) is 21.3. The molecule has 2 aromatic carbocycles. The summed E-state index contributed by atoms with van der Waals surface area (Å²) in [6, 6.07) is 12.7. The summed E-state index contributed by atoms with van der Waals surface area (Å²) in [5.74, 6) is -0.671. The first-order valence-corrected chi connectivity index (χ1v) is 11.3. The average molecular weight is 419 g/mol. The number of benzene rings is 2. The quantitative estimate of drug-likeness (QED) is 0.645. The number of unbranched alkanes of at least 4 members (excludes halogenated alkanes) is 1. The Balaban J connectivity index is 1.57. The van der Waals surface area contributed by atoms with Gasteiger partial charge in [0.1, 0.15) is 0 Å². The van der Waals surface area contributed by atoms with Crippen LogP contribution in [0.4, 0.5) is 0 Å². The number of sulfonamides is 1. The lowest BCUT2D eigenvalue weighted by Gasteiger charge is -2.33. The molecule has 1 aliphatic heterocycles. The molecule has 0 unspecified atom stereocenters. The fraction of sp³-hybridized carbons (Fsp3) is 0.429. The zero-order chi connectivity index (χ0) is 20.9. The van der Waals surface area contributed by atoms with Gasteiger partial charge in [-0.15, -0.1) is 0 Å². The molecule has 0 aromatic heterocycles. The van der Waals surface area contributed by atoms with E-state index in [1.807, 2.05) is 31.2 Å². The SMILES string of the molecule is CCCCC(=O)OCC(=O)N1CCN(S(=O)(=O)c2ccc3ccccc3c2)CC1. The second-order valence-corrected chi connectivity index (χ2v) is 9.00. The molecule has 8 heteroatoms. The summed E-state index contributed by atoms with van der Waals surface area (Å²) in [6.45, 7) is 2.66. The molecule has 1 fully saturated rings. The van der Waals surface area contributed by atoms with Crippen molar-refractivity contribution in [2.75, 3.05) is 32.8 Å².